The summed E-state index contributed by atoms with van der Waals surface area (Å²) in [6.07, 6.45) is 2.12. The monoisotopic (exact) mass is 368 g/mol. The summed E-state index contributed by atoms with van der Waals surface area (Å²) in [4.78, 5) is 22.3. The van der Waals surface area contributed by atoms with Gasteiger partial charge in [-0.15, -0.1) is 5.10 Å². The number of hydrogen-bond acceptors (Lipinski definition) is 6. The number of amidine groups is 1. The number of thioether (sulfide) groups is 1. The Labute approximate surface area is 154 Å². The molecule has 1 atom stereocenters. The third-order valence-electron chi connectivity index (χ3n) is 3.90. The lowest BCUT2D eigenvalue weighted by molar-refractivity contribution is -0.384. The van der Waals surface area contributed by atoms with Gasteiger partial charge < -0.3 is 5.32 Å². The highest BCUT2D eigenvalue weighted by Crippen LogP contribution is 2.24. The van der Waals surface area contributed by atoms with Crippen LogP contribution in [-0.4, -0.2) is 27.5 Å². The predicted molar refractivity (Wildman–Crippen MR) is 103 cm³/mol. The van der Waals surface area contributed by atoms with Crippen molar-refractivity contribution in [1.29, 1.82) is 0 Å². The van der Waals surface area contributed by atoms with Crippen molar-refractivity contribution in [3.8, 4) is 0 Å². The fourth-order valence-corrected chi connectivity index (χ4v) is 3.41. The van der Waals surface area contributed by atoms with Gasteiger partial charge in [-0.25, -0.2) is 0 Å². The molecule has 3 rings (SSSR count). The molecule has 1 amide bonds. The third-order valence-corrected chi connectivity index (χ3v) is 4.97. The first kappa shape index (κ1) is 17.8. The average Bonchev–Trinajstić information content (AvgIpc) is 2.97. The molecule has 0 bridgehead atoms. The summed E-state index contributed by atoms with van der Waals surface area (Å²) in [7, 11) is 0. The molecule has 1 saturated heterocycles. The van der Waals surface area contributed by atoms with Gasteiger partial charge >= 0.3 is 0 Å². The number of nitro groups is 1. The number of nitrogens with zero attached hydrogens (tertiary/aromatic N) is 3. The second kappa shape index (κ2) is 7.92. The summed E-state index contributed by atoms with van der Waals surface area (Å²) in [6, 6.07) is 14.0. The second-order valence-electron chi connectivity index (χ2n) is 5.72. The largest absolute Gasteiger partial charge is 0.303 e. The fraction of sp³-hybridized carbons (Fsp3) is 0.167. The van der Waals surface area contributed by atoms with Crippen LogP contribution in [-0.2, 0) is 11.2 Å². The number of nitro benzene ring substituents is 1. The van der Waals surface area contributed by atoms with E-state index < -0.39 is 4.92 Å². The van der Waals surface area contributed by atoms with E-state index in [1.54, 1.807) is 12.1 Å². The number of carbonyl (C=O) groups is 1. The molecule has 7 nitrogen and oxygen atoms in total. The Kier molecular flexibility index (Phi) is 5.43. The molecule has 2 aromatic carbocycles. The number of rotatable bonds is 5. The Hall–Kier alpha value is -3.00. The number of hydrogen-bond donors (Lipinski definition) is 1. The maximum Gasteiger partial charge on any atom is 0.269 e. The lowest BCUT2D eigenvalue weighted by Crippen LogP contribution is -2.26. The highest BCUT2D eigenvalue weighted by Gasteiger charge is 2.30. The topological polar surface area (TPSA) is 97.0 Å². The van der Waals surface area contributed by atoms with Crippen LogP contribution in [0.2, 0.25) is 0 Å². The van der Waals surface area contributed by atoms with Crippen LogP contribution < -0.4 is 5.32 Å². The normalized spacial score (nSPS) is 18.4. The van der Waals surface area contributed by atoms with Crippen molar-refractivity contribution in [2.24, 2.45) is 10.2 Å². The zero-order valence-corrected chi connectivity index (χ0v) is 14.8. The van der Waals surface area contributed by atoms with Gasteiger partial charge in [0.2, 0.25) is 5.91 Å². The first-order chi connectivity index (χ1) is 12.5. The maximum absolute atomic E-state index is 12.1. The fourth-order valence-electron chi connectivity index (χ4n) is 2.46. The van der Waals surface area contributed by atoms with Crippen LogP contribution >= 0.6 is 11.8 Å². The number of carbonyl (C=O) groups excluding carboxylic acids is 1. The minimum atomic E-state index is -0.458. The van der Waals surface area contributed by atoms with Gasteiger partial charge in [0.15, 0.2) is 5.17 Å². The van der Waals surface area contributed by atoms with Crippen LogP contribution in [0.25, 0.3) is 0 Å². The van der Waals surface area contributed by atoms with E-state index in [9.17, 15) is 14.9 Å². The smallest absolute Gasteiger partial charge is 0.269 e. The molecule has 0 saturated carbocycles. The van der Waals surface area contributed by atoms with Gasteiger partial charge in [-0.2, -0.15) is 5.10 Å². The molecule has 1 unspecified atom stereocenters. The van der Waals surface area contributed by atoms with Crippen LogP contribution in [0, 0.1) is 17.0 Å². The Balaban J connectivity index is 1.62. The van der Waals surface area contributed by atoms with Crippen molar-refractivity contribution in [2.75, 3.05) is 0 Å². The standard InChI is InChI=1S/C18H16N4O3S/c1-12-4-2-3-5-14(12)10-16-17(23)20-18(26-16)21-19-11-13-6-8-15(9-7-13)22(24)25/h2-9,11,16H,10H2,1H3,(H,20,21,23)/b19-11+. The number of nitrogens with one attached hydrogen (secondary N) is 1. The number of benzene rings is 2. The molecule has 1 aliphatic heterocycles. The zero-order chi connectivity index (χ0) is 18.5. The van der Waals surface area contributed by atoms with Gasteiger partial charge in [-0.3, -0.25) is 14.9 Å². The molecule has 0 aliphatic carbocycles. The molecule has 2 aromatic rings. The summed E-state index contributed by atoms with van der Waals surface area (Å²) < 4.78 is 0. The van der Waals surface area contributed by atoms with Crippen molar-refractivity contribution in [3.63, 3.8) is 0 Å². The molecular weight excluding hydrogens is 352 g/mol. The summed E-state index contributed by atoms with van der Waals surface area (Å²) in [5.41, 5.74) is 3.00. The number of aryl methyl sites for hydroxylation is 1. The van der Waals surface area contributed by atoms with Crippen LogP contribution in [0.3, 0.4) is 0 Å². The van der Waals surface area contributed by atoms with Crippen molar-refractivity contribution in [2.45, 2.75) is 18.6 Å². The van der Waals surface area contributed by atoms with Gasteiger partial charge in [0, 0.05) is 12.1 Å². The van der Waals surface area contributed by atoms with E-state index in [0.29, 0.717) is 17.2 Å². The number of non-ortho nitro benzene ring substituents is 1. The Bertz CT molecular complexity index is 894. The molecule has 0 radical (unpaired) electrons. The van der Waals surface area contributed by atoms with Gasteiger partial charge in [-0.1, -0.05) is 36.0 Å². The quantitative estimate of drug-likeness (QED) is 0.498. The molecule has 1 fully saturated rings. The van der Waals surface area contributed by atoms with Gasteiger partial charge in [0.1, 0.15) is 0 Å². The Morgan fingerprint density at radius 1 is 1.23 bits per heavy atom. The van der Waals surface area contributed by atoms with Crippen LogP contribution in [0.4, 0.5) is 5.69 Å². The van der Waals surface area contributed by atoms with Gasteiger partial charge in [0.05, 0.1) is 16.4 Å². The molecule has 1 N–H and O–H groups in total. The van der Waals surface area contributed by atoms with Crippen molar-refractivity contribution in [1.82, 2.24) is 5.32 Å². The number of amides is 1. The van der Waals surface area contributed by atoms with Crippen molar-refractivity contribution >= 4 is 34.7 Å². The summed E-state index contributed by atoms with van der Waals surface area (Å²) in [6.45, 7) is 2.02. The average molecular weight is 368 g/mol. The minimum absolute atomic E-state index is 0.0196. The maximum atomic E-state index is 12.1. The highest BCUT2D eigenvalue weighted by atomic mass is 32.2. The van der Waals surface area contributed by atoms with E-state index in [-0.39, 0.29) is 16.8 Å². The lowest BCUT2D eigenvalue weighted by atomic mass is 10.0. The summed E-state index contributed by atoms with van der Waals surface area (Å²) in [5, 5.41) is 21.5. The molecule has 26 heavy (non-hydrogen) atoms. The van der Waals surface area contributed by atoms with Crippen LogP contribution in [0.5, 0.6) is 0 Å². The van der Waals surface area contributed by atoms with E-state index in [1.807, 2.05) is 31.2 Å². The van der Waals surface area contributed by atoms with Gasteiger partial charge in [-0.05, 0) is 42.2 Å². The molecule has 0 aromatic heterocycles. The minimum Gasteiger partial charge on any atom is -0.303 e. The highest BCUT2D eigenvalue weighted by molar-refractivity contribution is 8.15. The zero-order valence-electron chi connectivity index (χ0n) is 14.0. The predicted octanol–water partition coefficient (Wildman–Crippen LogP) is 3.07. The van der Waals surface area contributed by atoms with Crippen molar-refractivity contribution in [3.05, 3.63) is 75.3 Å². The SMILES string of the molecule is Cc1ccccc1CC1S/C(=N\N=C\c2ccc([N+](=O)[O-])cc2)NC1=O. The first-order valence-electron chi connectivity index (χ1n) is 7.90. The van der Waals surface area contributed by atoms with E-state index in [0.717, 1.165) is 11.1 Å². The van der Waals surface area contributed by atoms with Crippen LogP contribution in [0.15, 0.2) is 58.7 Å². The van der Waals surface area contributed by atoms with Crippen molar-refractivity contribution < 1.29 is 9.72 Å². The van der Waals surface area contributed by atoms with Crippen LogP contribution in [0.1, 0.15) is 16.7 Å². The lowest BCUT2D eigenvalue weighted by Gasteiger charge is -2.07. The van der Waals surface area contributed by atoms with E-state index in [2.05, 4.69) is 15.5 Å². The summed E-state index contributed by atoms with van der Waals surface area (Å²) in [5.74, 6) is -0.0810. The molecular formula is C18H16N4O3S. The molecule has 1 heterocycles. The molecule has 1 aliphatic rings. The van der Waals surface area contributed by atoms with E-state index in [1.165, 1.54) is 30.1 Å². The second-order valence-corrected chi connectivity index (χ2v) is 6.92. The molecule has 132 valence electrons. The Morgan fingerprint density at radius 2 is 1.96 bits per heavy atom. The Morgan fingerprint density at radius 3 is 2.65 bits per heavy atom. The van der Waals surface area contributed by atoms with Gasteiger partial charge in [0.25, 0.3) is 5.69 Å². The first-order valence-corrected chi connectivity index (χ1v) is 8.78. The van der Waals surface area contributed by atoms with E-state index >= 15 is 0 Å². The summed E-state index contributed by atoms with van der Waals surface area (Å²) >= 11 is 1.35. The molecule has 0 spiro atoms. The third kappa shape index (κ3) is 4.34. The van der Waals surface area contributed by atoms with E-state index in [4.69, 9.17) is 0 Å². The molecule has 8 heteroatoms.